The van der Waals surface area contributed by atoms with E-state index in [0.717, 1.165) is 37.8 Å². The highest BCUT2D eigenvalue weighted by Gasteiger charge is 2.29. The van der Waals surface area contributed by atoms with Crippen LogP contribution < -0.4 is 10.1 Å². The molecule has 1 unspecified atom stereocenters. The standard InChI is InChI=1S/C21H25NO2/c1-2-6-17(7-3-1)21(20-15-22-12-13-23-20)24-19-9-5-4-8-18(19)14-16-10-11-16/h1-9,16,20-22H,10-15H2/t20-,21?/m0/s1. The minimum Gasteiger partial charge on any atom is -0.483 e. The van der Waals surface area contributed by atoms with Crippen LogP contribution >= 0.6 is 0 Å². The maximum absolute atomic E-state index is 6.53. The Bertz CT molecular complexity index is 648. The van der Waals surface area contributed by atoms with Gasteiger partial charge in [0.15, 0.2) is 6.10 Å². The first-order chi connectivity index (χ1) is 11.9. The van der Waals surface area contributed by atoms with E-state index in [0.29, 0.717) is 0 Å². The smallest absolute Gasteiger partial charge is 0.151 e. The van der Waals surface area contributed by atoms with Gasteiger partial charge in [-0.05, 0) is 42.4 Å². The highest BCUT2D eigenvalue weighted by Crippen LogP contribution is 2.37. The Labute approximate surface area is 144 Å². The lowest BCUT2D eigenvalue weighted by molar-refractivity contribution is -0.0435. The molecule has 0 radical (unpaired) electrons. The average Bonchev–Trinajstić information content (AvgIpc) is 3.46. The quantitative estimate of drug-likeness (QED) is 0.878. The van der Waals surface area contributed by atoms with Gasteiger partial charge < -0.3 is 14.8 Å². The molecule has 4 rings (SSSR count). The molecule has 126 valence electrons. The maximum Gasteiger partial charge on any atom is 0.151 e. The number of benzene rings is 2. The van der Waals surface area contributed by atoms with Crippen molar-refractivity contribution in [3.8, 4) is 5.75 Å². The molecule has 0 bridgehead atoms. The van der Waals surface area contributed by atoms with Crippen LogP contribution in [0.3, 0.4) is 0 Å². The molecule has 2 aromatic carbocycles. The van der Waals surface area contributed by atoms with Gasteiger partial charge in [-0.1, -0.05) is 48.5 Å². The zero-order chi connectivity index (χ0) is 16.2. The first kappa shape index (κ1) is 15.7. The number of hydrogen-bond donors (Lipinski definition) is 1. The zero-order valence-electron chi connectivity index (χ0n) is 14.0. The lowest BCUT2D eigenvalue weighted by Gasteiger charge is -2.32. The Morgan fingerprint density at radius 3 is 2.58 bits per heavy atom. The first-order valence-electron chi connectivity index (χ1n) is 9.02. The van der Waals surface area contributed by atoms with Crippen molar-refractivity contribution in [3.63, 3.8) is 0 Å². The average molecular weight is 323 g/mol. The van der Waals surface area contributed by atoms with Gasteiger partial charge in [0.05, 0.1) is 6.61 Å². The third-order valence-corrected chi connectivity index (χ3v) is 4.85. The molecular weight excluding hydrogens is 298 g/mol. The Morgan fingerprint density at radius 1 is 1.04 bits per heavy atom. The van der Waals surface area contributed by atoms with Crippen molar-refractivity contribution in [3.05, 3.63) is 65.7 Å². The van der Waals surface area contributed by atoms with E-state index in [1.54, 1.807) is 0 Å². The molecule has 24 heavy (non-hydrogen) atoms. The normalized spacial score (nSPS) is 22.1. The van der Waals surface area contributed by atoms with Crippen LogP contribution in [0.4, 0.5) is 0 Å². The molecule has 1 heterocycles. The number of rotatable bonds is 6. The van der Waals surface area contributed by atoms with Crippen LogP contribution in [0.15, 0.2) is 54.6 Å². The van der Waals surface area contributed by atoms with Gasteiger partial charge in [0.25, 0.3) is 0 Å². The van der Waals surface area contributed by atoms with Gasteiger partial charge in [0, 0.05) is 13.1 Å². The lowest BCUT2D eigenvalue weighted by atomic mass is 10.0. The Balaban J connectivity index is 1.59. The van der Waals surface area contributed by atoms with Gasteiger partial charge in [0.1, 0.15) is 11.9 Å². The largest absolute Gasteiger partial charge is 0.483 e. The second-order valence-electron chi connectivity index (χ2n) is 6.82. The first-order valence-corrected chi connectivity index (χ1v) is 9.02. The molecule has 1 saturated carbocycles. The predicted octanol–water partition coefficient (Wildman–Crippen LogP) is 3.75. The molecule has 3 nitrogen and oxygen atoms in total. The van der Waals surface area contributed by atoms with E-state index in [-0.39, 0.29) is 12.2 Å². The molecule has 3 heteroatoms. The zero-order valence-corrected chi connectivity index (χ0v) is 14.0. The summed E-state index contributed by atoms with van der Waals surface area (Å²) in [4.78, 5) is 0. The van der Waals surface area contributed by atoms with E-state index in [1.807, 2.05) is 6.07 Å². The highest BCUT2D eigenvalue weighted by atomic mass is 16.5. The fourth-order valence-corrected chi connectivity index (χ4v) is 3.34. The maximum atomic E-state index is 6.53. The molecule has 0 aromatic heterocycles. The Kier molecular flexibility index (Phi) is 4.81. The van der Waals surface area contributed by atoms with Crippen LogP contribution in [0.1, 0.15) is 30.1 Å². The van der Waals surface area contributed by atoms with Crippen LogP contribution in [0.5, 0.6) is 5.75 Å². The molecule has 0 spiro atoms. The Hall–Kier alpha value is -1.84. The molecule has 2 fully saturated rings. The summed E-state index contributed by atoms with van der Waals surface area (Å²) in [6, 6.07) is 18.9. The molecule has 2 aromatic rings. The minimum absolute atomic E-state index is 0.0372. The molecule has 1 saturated heterocycles. The van der Waals surface area contributed by atoms with Crippen LogP contribution in [0.25, 0.3) is 0 Å². The number of para-hydroxylation sites is 1. The molecule has 1 N–H and O–H groups in total. The summed E-state index contributed by atoms with van der Waals surface area (Å²) in [5, 5.41) is 3.42. The number of nitrogens with one attached hydrogen (secondary N) is 1. The number of ether oxygens (including phenoxy) is 2. The summed E-state index contributed by atoms with van der Waals surface area (Å²) in [6.45, 7) is 2.47. The van der Waals surface area contributed by atoms with E-state index in [1.165, 1.54) is 24.0 Å². The van der Waals surface area contributed by atoms with Crippen LogP contribution in [-0.2, 0) is 11.2 Å². The summed E-state index contributed by atoms with van der Waals surface area (Å²) in [7, 11) is 0. The van der Waals surface area contributed by atoms with E-state index in [9.17, 15) is 0 Å². The van der Waals surface area contributed by atoms with E-state index in [2.05, 4.69) is 53.8 Å². The highest BCUT2D eigenvalue weighted by molar-refractivity contribution is 5.35. The third kappa shape index (κ3) is 3.80. The molecular formula is C21H25NO2. The molecule has 1 aliphatic heterocycles. The monoisotopic (exact) mass is 323 g/mol. The predicted molar refractivity (Wildman–Crippen MR) is 95.3 cm³/mol. The van der Waals surface area contributed by atoms with Gasteiger partial charge in [-0.3, -0.25) is 0 Å². The summed E-state index contributed by atoms with van der Waals surface area (Å²) >= 11 is 0. The van der Waals surface area contributed by atoms with Gasteiger partial charge in [0.2, 0.25) is 0 Å². The SMILES string of the molecule is c1ccc(C(Oc2ccccc2CC2CC2)[C@@H]2CNCCO2)cc1. The van der Waals surface area contributed by atoms with Gasteiger partial charge in [-0.2, -0.15) is 0 Å². The van der Waals surface area contributed by atoms with Crippen molar-refractivity contribution in [2.24, 2.45) is 5.92 Å². The summed E-state index contributed by atoms with van der Waals surface area (Å²) in [6.07, 6.45) is 3.79. The lowest BCUT2D eigenvalue weighted by Crippen LogP contribution is -2.43. The molecule has 2 aliphatic rings. The second-order valence-corrected chi connectivity index (χ2v) is 6.82. The number of hydrogen-bond acceptors (Lipinski definition) is 3. The van der Waals surface area contributed by atoms with Crippen molar-refractivity contribution in [2.75, 3.05) is 19.7 Å². The van der Waals surface area contributed by atoms with Crippen molar-refractivity contribution < 1.29 is 9.47 Å². The van der Waals surface area contributed by atoms with Crippen LogP contribution in [-0.4, -0.2) is 25.8 Å². The number of morpholine rings is 1. The summed E-state index contributed by atoms with van der Waals surface area (Å²) in [5.74, 6) is 1.85. The third-order valence-electron chi connectivity index (χ3n) is 4.85. The summed E-state index contributed by atoms with van der Waals surface area (Å²) < 4.78 is 12.5. The molecule has 2 atom stereocenters. The van der Waals surface area contributed by atoms with E-state index in [4.69, 9.17) is 9.47 Å². The summed E-state index contributed by atoms with van der Waals surface area (Å²) in [5.41, 5.74) is 2.50. The van der Waals surface area contributed by atoms with Crippen LogP contribution in [0, 0.1) is 5.92 Å². The van der Waals surface area contributed by atoms with Crippen molar-refractivity contribution >= 4 is 0 Å². The van der Waals surface area contributed by atoms with Gasteiger partial charge in [-0.15, -0.1) is 0 Å². The topological polar surface area (TPSA) is 30.5 Å². The fraction of sp³-hybridized carbons (Fsp3) is 0.429. The van der Waals surface area contributed by atoms with Crippen molar-refractivity contribution in [1.82, 2.24) is 5.32 Å². The van der Waals surface area contributed by atoms with Crippen molar-refractivity contribution in [2.45, 2.75) is 31.5 Å². The van der Waals surface area contributed by atoms with E-state index < -0.39 is 0 Å². The second kappa shape index (κ2) is 7.37. The molecule has 1 aliphatic carbocycles. The van der Waals surface area contributed by atoms with Gasteiger partial charge >= 0.3 is 0 Å². The van der Waals surface area contributed by atoms with Gasteiger partial charge in [-0.25, -0.2) is 0 Å². The fourth-order valence-electron chi connectivity index (χ4n) is 3.34. The van der Waals surface area contributed by atoms with Crippen molar-refractivity contribution in [1.29, 1.82) is 0 Å². The molecule has 0 amide bonds. The van der Waals surface area contributed by atoms with Crippen LogP contribution in [0.2, 0.25) is 0 Å². The minimum atomic E-state index is -0.0839. The van der Waals surface area contributed by atoms with E-state index >= 15 is 0 Å². The Morgan fingerprint density at radius 2 is 1.83 bits per heavy atom.